The summed E-state index contributed by atoms with van der Waals surface area (Å²) in [5, 5.41) is 2.57. The lowest BCUT2D eigenvalue weighted by atomic mass is 10.1. The fourth-order valence-corrected chi connectivity index (χ4v) is 4.12. The van der Waals surface area contributed by atoms with Gasteiger partial charge in [-0.05, 0) is 60.9 Å². The monoisotopic (exact) mass is 465 g/mol. The predicted octanol–water partition coefficient (Wildman–Crippen LogP) is 4.61. The maximum atomic E-state index is 12.6. The second-order valence-corrected chi connectivity index (χ2v) is 8.89. The molecule has 2 aromatic rings. The van der Waals surface area contributed by atoms with E-state index in [1.807, 2.05) is 0 Å². The van der Waals surface area contributed by atoms with E-state index in [-0.39, 0.29) is 4.90 Å². The molecule has 0 aliphatic carbocycles. The SMILES string of the molecule is O=C(/C=C/c1ccc(C(F)(F)F)cc1)Nc1ccc(S(=O)(=O)NC2=NCCCCC2)cc1. The molecule has 6 nitrogen and oxygen atoms in total. The Balaban J connectivity index is 1.59. The molecule has 0 spiro atoms. The molecule has 0 unspecified atom stereocenters. The Labute approximate surface area is 184 Å². The van der Waals surface area contributed by atoms with E-state index in [1.54, 1.807) is 0 Å². The third kappa shape index (κ3) is 6.68. The first-order valence-electron chi connectivity index (χ1n) is 9.96. The molecule has 3 rings (SSSR count). The molecule has 1 amide bonds. The Morgan fingerprint density at radius 1 is 0.969 bits per heavy atom. The third-order valence-corrected chi connectivity index (χ3v) is 6.12. The van der Waals surface area contributed by atoms with Crippen molar-refractivity contribution in [1.82, 2.24) is 4.72 Å². The second kappa shape index (κ2) is 9.99. The van der Waals surface area contributed by atoms with Crippen LogP contribution in [-0.4, -0.2) is 26.7 Å². The van der Waals surface area contributed by atoms with Crippen molar-refractivity contribution in [2.24, 2.45) is 4.99 Å². The highest BCUT2D eigenvalue weighted by atomic mass is 32.2. The normalized spacial score (nSPS) is 15.2. The van der Waals surface area contributed by atoms with Crippen LogP contribution in [0.4, 0.5) is 18.9 Å². The zero-order chi connectivity index (χ0) is 23.2. The Morgan fingerprint density at radius 2 is 1.66 bits per heavy atom. The van der Waals surface area contributed by atoms with Gasteiger partial charge in [0.25, 0.3) is 10.0 Å². The molecule has 1 aliphatic heterocycles. The van der Waals surface area contributed by atoms with Gasteiger partial charge in [-0.1, -0.05) is 18.6 Å². The molecule has 170 valence electrons. The van der Waals surface area contributed by atoms with Crippen LogP contribution in [0.15, 0.2) is 64.5 Å². The van der Waals surface area contributed by atoms with Crippen LogP contribution in [0.25, 0.3) is 6.08 Å². The summed E-state index contributed by atoms with van der Waals surface area (Å²) in [5.41, 5.74) is 0.0367. The number of aliphatic imine (C=N–C) groups is 1. The van der Waals surface area contributed by atoms with E-state index >= 15 is 0 Å². The van der Waals surface area contributed by atoms with Crippen LogP contribution >= 0.6 is 0 Å². The number of hydrogen-bond donors (Lipinski definition) is 2. The van der Waals surface area contributed by atoms with Gasteiger partial charge in [0.15, 0.2) is 0 Å². The molecule has 10 heteroatoms. The molecular weight excluding hydrogens is 443 g/mol. The van der Waals surface area contributed by atoms with Crippen molar-refractivity contribution >= 4 is 33.5 Å². The van der Waals surface area contributed by atoms with Gasteiger partial charge in [-0.3, -0.25) is 14.5 Å². The first-order chi connectivity index (χ1) is 15.1. The minimum atomic E-state index is -4.42. The molecule has 0 saturated carbocycles. The molecule has 0 saturated heterocycles. The van der Waals surface area contributed by atoms with Crippen molar-refractivity contribution in [3.63, 3.8) is 0 Å². The number of halogens is 3. The Bertz CT molecular complexity index is 1110. The fraction of sp³-hybridized carbons (Fsp3) is 0.273. The van der Waals surface area contributed by atoms with Gasteiger partial charge in [0.1, 0.15) is 5.84 Å². The van der Waals surface area contributed by atoms with Gasteiger partial charge < -0.3 is 5.32 Å². The summed E-state index contributed by atoms with van der Waals surface area (Å²) in [6.07, 6.45) is 1.55. The standard InChI is InChI=1S/C22H22F3N3O3S/c23-22(24,25)17-8-5-16(6-9-17)7-14-21(29)27-18-10-12-19(13-11-18)32(30,31)28-20-4-2-1-3-15-26-20/h5-14H,1-4,15H2,(H,26,28)(H,27,29)/b14-7+. The highest BCUT2D eigenvalue weighted by Gasteiger charge is 2.29. The molecule has 0 bridgehead atoms. The second-order valence-electron chi connectivity index (χ2n) is 7.21. The fourth-order valence-electron chi connectivity index (χ4n) is 3.03. The van der Waals surface area contributed by atoms with Crippen molar-refractivity contribution in [1.29, 1.82) is 0 Å². The number of alkyl halides is 3. The Morgan fingerprint density at radius 3 is 2.31 bits per heavy atom. The molecule has 0 radical (unpaired) electrons. The van der Waals surface area contributed by atoms with Gasteiger partial charge >= 0.3 is 6.18 Å². The van der Waals surface area contributed by atoms with Crippen LogP contribution in [0.2, 0.25) is 0 Å². The first kappa shape index (κ1) is 23.5. The minimum absolute atomic E-state index is 0.0442. The number of sulfonamides is 1. The number of carbonyl (C=O) groups is 1. The average molecular weight is 465 g/mol. The van der Waals surface area contributed by atoms with Gasteiger partial charge in [-0.25, -0.2) is 8.42 Å². The maximum Gasteiger partial charge on any atom is 0.416 e. The number of carbonyl (C=O) groups excluding carboxylic acids is 1. The van der Waals surface area contributed by atoms with E-state index in [1.165, 1.54) is 48.6 Å². The molecule has 0 fully saturated rings. The number of amides is 1. The molecular formula is C22H22F3N3O3S. The van der Waals surface area contributed by atoms with Crippen LogP contribution in [0.1, 0.15) is 36.8 Å². The maximum absolute atomic E-state index is 12.6. The van der Waals surface area contributed by atoms with E-state index < -0.39 is 27.7 Å². The van der Waals surface area contributed by atoms with Gasteiger partial charge in [0.05, 0.1) is 10.5 Å². The molecule has 2 N–H and O–H groups in total. The third-order valence-electron chi connectivity index (χ3n) is 4.72. The van der Waals surface area contributed by atoms with E-state index in [9.17, 15) is 26.4 Å². The van der Waals surface area contributed by atoms with Crippen molar-refractivity contribution < 1.29 is 26.4 Å². The topological polar surface area (TPSA) is 87.6 Å². The van der Waals surface area contributed by atoms with Crippen molar-refractivity contribution in [2.75, 3.05) is 11.9 Å². The molecule has 32 heavy (non-hydrogen) atoms. The Hall–Kier alpha value is -3.14. The summed E-state index contributed by atoms with van der Waals surface area (Å²) in [6.45, 7) is 0.600. The van der Waals surface area contributed by atoms with Crippen molar-refractivity contribution in [2.45, 2.75) is 36.8 Å². The highest BCUT2D eigenvalue weighted by Crippen LogP contribution is 2.29. The minimum Gasteiger partial charge on any atom is -0.323 e. The van der Waals surface area contributed by atoms with Crippen LogP contribution in [0, 0.1) is 0 Å². The number of amidine groups is 1. The lowest BCUT2D eigenvalue weighted by Gasteiger charge is -2.10. The van der Waals surface area contributed by atoms with Crippen molar-refractivity contribution in [3.8, 4) is 0 Å². The molecule has 1 aliphatic rings. The molecule has 2 aromatic carbocycles. The number of hydrogen-bond acceptors (Lipinski definition) is 4. The van der Waals surface area contributed by atoms with Gasteiger partial charge in [-0.15, -0.1) is 0 Å². The van der Waals surface area contributed by atoms with Crippen LogP contribution in [-0.2, 0) is 21.0 Å². The highest BCUT2D eigenvalue weighted by molar-refractivity contribution is 7.90. The lowest BCUT2D eigenvalue weighted by Crippen LogP contribution is -2.30. The summed E-state index contributed by atoms with van der Waals surface area (Å²) in [6, 6.07) is 10.0. The number of rotatable bonds is 5. The average Bonchev–Trinajstić information content (AvgIpc) is 3.00. The van der Waals surface area contributed by atoms with Crippen LogP contribution in [0.3, 0.4) is 0 Å². The molecule has 0 atom stereocenters. The summed E-state index contributed by atoms with van der Waals surface area (Å²) in [5.74, 6) is -0.0558. The first-order valence-corrected chi connectivity index (χ1v) is 11.4. The van der Waals surface area contributed by atoms with Crippen LogP contribution in [0.5, 0.6) is 0 Å². The van der Waals surface area contributed by atoms with E-state index in [2.05, 4.69) is 15.0 Å². The predicted molar refractivity (Wildman–Crippen MR) is 117 cm³/mol. The smallest absolute Gasteiger partial charge is 0.323 e. The van der Waals surface area contributed by atoms with Crippen LogP contribution < -0.4 is 10.0 Å². The van der Waals surface area contributed by atoms with Gasteiger partial charge in [-0.2, -0.15) is 13.2 Å². The zero-order valence-electron chi connectivity index (χ0n) is 17.0. The zero-order valence-corrected chi connectivity index (χ0v) is 17.8. The number of anilines is 1. The van der Waals surface area contributed by atoms with E-state index in [0.29, 0.717) is 30.1 Å². The summed E-state index contributed by atoms with van der Waals surface area (Å²) in [4.78, 5) is 16.4. The number of nitrogens with zero attached hydrogens (tertiary/aromatic N) is 1. The van der Waals surface area contributed by atoms with Gasteiger partial charge in [0, 0.05) is 24.7 Å². The van der Waals surface area contributed by atoms with Crippen molar-refractivity contribution in [3.05, 3.63) is 65.7 Å². The summed E-state index contributed by atoms with van der Waals surface area (Å²) < 4.78 is 65.3. The Kier molecular flexibility index (Phi) is 7.34. The quantitative estimate of drug-likeness (QED) is 0.633. The van der Waals surface area contributed by atoms with E-state index in [0.717, 1.165) is 31.4 Å². The lowest BCUT2D eigenvalue weighted by molar-refractivity contribution is -0.137. The number of nitrogens with one attached hydrogen (secondary N) is 2. The van der Waals surface area contributed by atoms with E-state index in [4.69, 9.17) is 0 Å². The summed E-state index contributed by atoms with van der Waals surface area (Å²) >= 11 is 0. The van der Waals surface area contributed by atoms with Gasteiger partial charge in [0.2, 0.25) is 5.91 Å². The number of benzene rings is 2. The largest absolute Gasteiger partial charge is 0.416 e. The molecule has 1 heterocycles. The molecule has 0 aromatic heterocycles. The summed E-state index contributed by atoms with van der Waals surface area (Å²) in [7, 11) is -3.77.